The minimum absolute atomic E-state index is 0.188. The van der Waals surface area contributed by atoms with Gasteiger partial charge in [-0.25, -0.2) is 13.8 Å². The van der Waals surface area contributed by atoms with Crippen LogP contribution < -0.4 is 0 Å². The minimum atomic E-state index is -2.63. The molecule has 0 atom stereocenters. The number of hydrogen-bond donors (Lipinski definition) is 2. The molecule has 13 heavy (non-hydrogen) atoms. The number of nitrogens with one attached hydrogen (secondary N) is 1. The molecule has 0 aliphatic heterocycles. The Morgan fingerprint density at radius 2 is 2.15 bits per heavy atom. The van der Waals surface area contributed by atoms with E-state index >= 15 is 0 Å². The third kappa shape index (κ3) is 1.22. The molecule has 1 aromatic carbocycles. The van der Waals surface area contributed by atoms with Gasteiger partial charge in [-0.05, 0) is 6.07 Å². The highest BCUT2D eigenvalue weighted by Gasteiger charge is 2.14. The van der Waals surface area contributed by atoms with E-state index in [2.05, 4.69) is 9.97 Å². The summed E-state index contributed by atoms with van der Waals surface area (Å²) < 4.78 is 24.8. The van der Waals surface area contributed by atoms with E-state index in [1.54, 1.807) is 0 Å². The summed E-state index contributed by atoms with van der Waals surface area (Å²) in [5.74, 6) is -0.188. The van der Waals surface area contributed by atoms with Crippen molar-refractivity contribution in [2.24, 2.45) is 0 Å². The summed E-state index contributed by atoms with van der Waals surface area (Å²) in [6.45, 7) is 0. The molecule has 1 heterocycles. The van der Waals surface area contributed by atoms with E-state index in [4.69, 9.17) is 5.11 Å². The van der Waals surface area contributed by atoms with Crippen molar-refractivity contribution in [1.82, 2.24) is 9.97 Å². The van der Waals surface area contributed by atoms with Crippen LogP contribution in [0.1, 0.15) is 12.0 Å². The van der Waals surface area contributed by atoms with Crippen molar-refractivity contribution in [3.05, 3.63) is 24.0 Å². The number of aromatic hydroxyl groups is 1. The van der Waals surface area contributed by atoms with Crippen molar-refractivity contribution in [2.75, 3.05) is 0 Å². The normalized spacial score (nSPS) is 11.3. The number of alkyl halides is 2. The van der Waals surface area contributed by atoms with Crippen molar-refractivity contribution in [1.29, 1.82) is 0 Å². The van der Waals surface area contributed by atoms with Crippen molar-refractivity contribution >= 4 is 11.0 Å². The molecule has 0 bridgehead atoms. The fraction of sp³-hybridized carbons (Fsp3) is 0.125. The van der Waals surface area contributed by atoms with Crippen LogP contribution in [0.4, 0.5) is 8.78 Å². The fourth-order valence-corrected chi connectivity index (χ4v) is 1.23. The number of nitrogens with zero attached hydrogens (tertiary/aromatic N) is 1. The van der Waals surface area contributed by atoms with Crippen LogP contribution >= 0.6 is 0 Å². The average molecular weight is 184 g/mol. The zero-order valence-corrected chi connectivity index (χ0v) is 6.46. The van der Waals surface area contributed by atoms with Gasteiger partial charge in [0.2, 0.25) is 0 Å². The Morgan fingerprint density at radius 1 is 1.38 bits per heavy atom. The highest BCUT2D eigenvalue weighted by atomic mass is 19.3. The van der Waals surface area contributed by atoms with E-state index < -0.39 is 6.43 Å². The molecule has 0 spiro atoms. The van der Waals surface area contributed by atoms with Crippen LogP contribution in [-0.2, 0) is 0 Å². The Balaban J connectivity index is 2.77. The molecule has 2 aromatic rings. The van der Waals surface area contributed by atoms with E-state index in [9.17, 15) is 8.78 Å². The SMILES string of the molecule is Oc1cc(C(F)F)c2nc[nH]c2c1. The van der Waals surface area contributed by atoms with E-state index in [-0.39, 0.29) is 16.8 Å². The molecule has 5 heteroatoms. The Morgan fingerprint density at radius 3 is 2.85 bits per heavy atom. The lowest BCUT2D eigenvalue weighted by molar-refractivity contribution is 0.152. The number of halogens is 2. The Labute approximate surface area is 72.0 Å². The van der Waals surface area contributed by atoms with Crippen molar-refractivity contribution < 1.29 is 13.9 Å². The Hall–Kier alpha value is -1.65. The predicted octanol–water partition coefficient (Wildman–Crippen LogP) is 2.21. The number of H-pyrrole nitrogens is 1. The molecular formula is C8H6F2N2O. The van der Waals surface area contributed by atoms with E-state index in [1.165, 1.54) is 12.4 Å². The predicted molar refractivity (Wildman–Crippen MR) is 42.7 cm³/mol. The summed E-state index contributed by atoms with van der Waals surface area (Å²) in [5.41, 5.74) is 0.361. The van der Waals surface area contributed by atoms with Crippen LogP contribution in [0, 0.1) is 0 Å². The van der Waals surface area contributed by atoms with Crippen LogP contribution in [0.25, 0.3) is 11.0 Å². The second-order valence-corrected chi connectivity index (χ2v) is 2.63. The van der Waals surface area contributed by atoms with Crippen LogP contribution in [-0.4, -0.2) is 15.1 Å². The number of phenols is 1. The maximum Gasteiger partial charge on any atom is 0.266 e. The van der Waals surface area contributed by atoms with Gasteiger partial charge in [0.1, 0.15) is 5.75 Å². The van der Waals surface area contributed by atoms with Gasteiger partial charge in [-0.2, -0.15) is 0 Å². The smallest absolute Gasteiger partial charge is 0.266 e. The highest BCUT2D eigenvalue weighted by Crippen LogP contribution is 2.29. The molecule has 2 rings (SSSR count). The average Bonchev–Trinajstić information content (AvgIpc) is 2.49. The zero-order chi connectivity index (χ0) is 9.42. The summed E-state index contributed by atoms with van der Waals surface area (Å²) in [6.07, 6.45) is -1.31. The molecule has 0 radical (unpaired) electrons. The van der Waals surface area contributed by atoms with Crippen LogP contribution in [0.15, 0.2) is 18.5 Å². The standard InChI is InChI=1S/C8H6F2N2O/c9-8(10)5-1-4(13)2-6-7(5)12-3-11-6/h1-3,8,13H,(H,11,12). The summed E-state index contributed by atoms with van der Waals surface area (Å²) in [6, 6.07) is 2.38. The van der Waals surface area contributed by atoms with Gasteiger partial charge in [-0.15, -0.1) is 0 Å². The van der Waals surface area contributed by atoms with E-state index in [0.29, 0.717) is 5.52 Å². The number of fused-ring (bicyclic) bond motifs is 1. The lowest BCUT2D eigenvalue weighted by atomic mass is 10.2. The molecular weight excluding hydrogens is 178 g/mol. The van der Waals surface area contributed by atoms with Crippen molar-refractivity contribution in [3.8, 4) is 5.75 Å². The van der Waals surface area contributed by atoms with Crippen LogP contribution in [0.2, 0.25) is 0 Å². The first-order chi connectivity index (χ1) is 6.18. The van der Waals surface area contributed by atoms with Gasteiger partial charge in [-0.3, -0.25) is 0 Å². The summed E-state index contributed by atoms with van der Waals surface area (Å²) in [4.78, 5) is 6.39. The van der Waals surface area contributed by atoms with Gasteiger partial charge in [0.05, 0.1) is 17.4 Å². The first-order valence-corrected chi connectivity index (χ1v) is 3.62. The third-order valence-electron chi connectivity index (χ3n) is 1.77. The molecule has 3 nitrogen and oxygen atoms in total. The molecule has 0 unspecified atom stereocenters. The number of benzene rings is 1. The minimum Gasteiger partial charge on any atom is -0.508 e. The second kappa shape index (κ2) is 2.69. The third-order valence-corrected chi connectivity index (χ3v) is 1.77. The molecule has 0 saturated carbocycles. The molecule has 0 fully saturated rings. The lowest BCUT2D eigenvalue weighted by Crippen LogP contribution is -1.86. The first-order valence-electron chi connectivity index (χ1n) is 3.62. The molecule has 0 aliphatic rings. The quantitative estimate of drug-likeness (QED) is 0.713. The van der Waals surface area contributed by atoms with Crippen LogP contribution in [0.5, 0.6) is 5.75 Å². The number of aromatic amines is 1. The van der Waals surface area contributed by atoms with Gasteiger partial charge in [0.25, 0.3) is 6.43 Å². The topological polar surface area (TPSA) is 48.9 Å². The highest BCUT2D eigenvalue weighted by molar-refractivity contribution is 5.80. The Bertz CT molecular complexity index is 439. The second-order valence-electron chi connectivity index (χ2n) is 2.63. The van der Waals surface area contributed by atoms with Crippen molar-refractivity contribution in [3.63, 3.8) is 0 Å². The van der Waals surface area contributed by atoms with Gasteiger partial charge in [-0.1, -0.05) is 0 Å². The molecule has 0 amide bonds. The zero-order valence-electron chi connectivity index (χ0n) is 6.46. The maximum absolute atomic E-state index is 12.4. The summed E-state index contributed by atoms with van der Waals surface area (Å²) in [5, 5.41) is 9.10. The number of phenolic OH excluding ortho intramolecular Hbond substituents is 1. The maximum atomic E-state index is 12.4. The van der Waals surface area contributed by atoms with Gasteiger partial charge in [0, 0.05) is 11.6 Å². The van der Waals surface area contributed by atoms with Gasteiger partial charge in [0.15, 0.2) is 0 Å². The molecule has 0 saturated heterocycles. The number of hydrogen-bond acceptors (Lipinski definition) is 2. The van der Waals surface area contributed by atoms with E-state index in [0.717, 1.165) is 6.07 Å². The van der Waals surface area contributed by atoms with Gasteiger partial charge >= 0.3 is 0 Å². The number of imidazole rings is 1. The van der Waals surface area contributed by atoms with Crippen LogP contribution in [0.3, 0.4) is 0 Å². The molecule has 2 N–H and O–H groups in total. The molecule has 68 valence electrons. The number of rotatable bonds is 1. The number of aromatic nitrogens is 2. The molecule has 1 aromatic heterocycles. The Kier molecular flexibility index (Phi) is 1.65. The molecule has 0 aliphatic carbocycles. The summed E-state index contributed by atoms with van der Waals surface area (Å²) in [7, 11) is 0. The summed E-state index contributed by atoms with van der Waals surface area (Å²) >= 11 is 0. The largest absolute Gasteiger partial charge is 0.508 e. The van der Waals surface area contributed by atoms with Gasteiger partial charge < -0.3 is 10.1 Å². The van der Waals surface area contributed by atoms with E-state index in [1.807, 2.05) is 0 Å². The van der Waals surface area contributed by atoms with Crippen molar-refractivity contribution in [2.45, 2.75) is 6.43 Å². The fourth-order valence-electron chi connectivity index (χ4n) is 1.23. The lowest BCUT2D eigenvalue weighted by Gasteiger charge is -2.01. The first kappa shape index (κ1) is 7.97. The monoisotopic (exact) mass is 184 g/mol.